The van der Waals surface area contributed by atoms with E-state index in [4.69, 9.17) is 25.8 Å². The molecule has 0 saturated heterocycles. The van der Waals surface area contributed by atoms with Crippen molar-refractivity contribution in [2.24, 2.45) is 4.99 Å². The highest BCUT2D eigenvalue weighted by Crippen LogP contribution is 2.36. The maximum absolute atomic E-state index is 13.7. The zero-order chi connectivity index (χ0) is 26.7. The maximum Gasteiger partial charge on any atom is 0.338 e. The van der Waals surface area contributed by atoms with E-state index >= 15 is 0 Å². The smallest absolute Gasteiger partial charge is 0.338 e. The molecular weight excluding hydrogens is 516 g/mol. The fraction of sp³-hybridized carbons (Fsp3) is 0.259. The molecule has 0 unspecified atom stereocenters. The molecule has 1 aliphatic rings. The Labute approximate surface area is 222 Å². The number of hydrogen-bond acceptors (Lipinski definition) is 8. The van der Waals surface area contributed by atoms with Gasteiger partial charge in [0.2, 0.25) is 0 Å². The van der Waals surface area contributed by atoms with Gasteiger partial charge in [0.25, 0.3) is 5.56 Å². The van der Waals surface area contributed by atoms with Crippen LogP contribution in [0.5, 0.6) is 11.5 Å². The molecule has 0 bridgehead atoms. The van der Waals surface area contributed by atoms with Gasteiger partial charge in [0, 0.05) is 11.9 Å². The Balaban J connectivity index is 1.97. The molecule has 4 rings (SSSR count). The molecule has 1 aliphatic heterocycles. The number of esters is 2. The first-order valence-corrected chi connectivity index (χ1v) is 12.8. The minimum atomic E-state index is -0.839. The minimum absolute atomic E-state index is 0.162. The van der Waals surface area contributed by atoms with Crippen molar-refractivity contribution in [3.63, 3.8) is 0 Å². The van der Waals surface area contributed by atoms with E-state index in [9.17, 15) is 14.4 Å². The Morgan fingerprint density at radius 1 is 1.14 bits per heavy atom. The summed E-state index contributed by atoms with van der Waals surface area (Å²) < 4.78 is 18.2. The molecule has 37 heavy (non-hydrogen) atoms. The molecule has 0 saturated carbocycles. The Morgan fingerprint density at radius 3 is 2.57 bits per heavy atom. The summed E-state index contributed by atoms with van der Waals surface area (Å²) in [5.74, 6) is -0.519. The van der Waals surface area contributed by atoms with E-state index in [1.807, 2.05) is 18.2 Å². The number of carbonyl (C=O) groups excluding carboxylic acids is 2. The van der Waals surface area contributed by atoms with Gasteiger partial charge in [0.05, 0.1) is 35.1 Å². The third kappa shape index (κ3) is 5.38. The number of fused-ring (bicyclic) bond motifs is 1. The zero-order valence-corrected chi connectivity index (χ0v) is 22.3. The molecule has 1 atom stereocenters. The largest absolute Gasteiger partial charge is 0.490 e. The number of allylic oxidation sites excluding steroid dienone is 1. The van der Waals surface area contributed by atoms with Gasteiger partial charge in [-0.25, -0.2) is 9.79 Å². The van der Waals surface area contributed by atoms with Gasteiger partial charge >= 0.3 is 11.9 Å². The van der Waals surface area contributed by atoms with E-state index in [0.717, 1.165) is 0 Å². The van der Waals surface area contributed by atoms with Crippen LogP contribution in [0.3, 0.4) is 0 Å². The summed E-state index contributed by atoms with van der Waals surface area (Å²) >= 11 is 7.52. The highest BCUT2D eigenvalue weighted by Gasteiger charge is 2.34. The Bertz CT molecular complexity index is 1590. The van der Waals surface area contributed by atoms with Crippen LogP contribution in [0.25, 0.3) is 6.08 Å². The number of rotatable bonds is 7. The summed E-state index contributed by atoms with van der Waals surface area (Å²) in [6, 6.07) is 11.3. The van der Waals surface area contributed by atoms with Crippen LogP contribution in [0.1, 0.15) is 44.9 Å². The van der Waals surface area contributed by atoms with E-state index in [-0.39, 0.29) is 23.5 Å². The van der Waals surface area contributed by atoms with Gasteiger partial charge in [-0.1, -0.05) is 47.2 Å². The molecule has 8 nitrogen and oxygen atoms in total. The van der Waals surface area contributed by atoms with E-state index in [1.54, 1.807) is 51.1 Å². The Kier molecular flexibility index (Phi) is 7.94. The Morgan fingerprint density at radius 2 is 1.89 bits per heavy atom. The summed E-state index contributed by atoms with van der Waals surface area (Å²) in [6.07, 6.45) is 1.71. The lowest BCUT2D eigenvalue weighted by molar-refractivity contribution is -0.139. The summed E-state index contributed by atoms with van der Waals surface area (Å²) in [6.45, 7) is 7.00. The standard InChI is InChI=1S/C27H25ClN2O6S/c1-5-34-21-13-18(11-12-20(21)36-16(4)31)24-23(26(33)35-6-2)15(3)29-27-30(24)25(32)22(37-27)14-17-9-7-8-10-19(17)28/h7-14,24H,5-6H2,1-4H3/b22-14+/t24-/m1/s1. The average Bonchev–Trinajstić information content (AvgIpc) is 3.15. The number of halogens is 1. The number of thiazole rings is 1. The quantitative estimate of drug-likeness (QED) is 0.334. The molecule has 1 aromatic heterocycles. The molecule has 3 aromatic rings. The van der Waals surface area contributed by atoms with E-state index < -0.39 is 18.0 Å². The maximum atomic E-state index is 13.7. The monoisotopic (exact) mass is 540 g/mol. The lowest BCUT2D eigenvalue weighted by atomic mass is 9.95. The second-order valence-electron chi connectivity index (χ2n) is 8.06. The molecule has 2 heterocycles. The van der Waals surface area contributed by atoms with Crippen molar-refractivity contribution in [1.82, 2.24) is 4.57 Å². The van der Waals surface area contributed by atoms with Gasteiger partial charge in [0.1, 0.15) is 0 Å². The molecule has 0 N–H and O–H groups in total. The number of nitrogens with zero attached hydrogens (tertiary/aromatic N) is 2. The fourth-order valence-corrected chi connectivity index (χ4v) is 5.27. The van der Waals surface area contributed by atoms with Crippen molar-refractivity contribution in [1.29, 1.82) is 0 Å². The van der Waals surface area contributed by atoms with Crippen molar-refractivity contribution in [2.45, 2.75) is 33.7 Å². The molecule has 2 aromatic carbocycles. The van der Waals surface area contributed by atoms with Crippen molar-refractivity contribution in [2.75, 3.05) is 13.2 Å². The van der Waals surface area contributed by atoms with E-state index in [1.165, 1.54) is 22.8 Å². The fourth-order valence-electron chi connectivity index (χ4n) is 4.04. The van der Waals surface area contributed by atoms with Crippen LogP contribution in [0, 0.1) is 0 Å². The van der Waals surface area contributed by atoms with Crippen LogP contribution in [0.2, 0.25) is 5.02 Å². The van der Waals surface area contributed by atoms with Crippen LogP contribution in [-0.2, 0) is 14.3 Å². The second-order valence-corrected chi connectivity index (χ2v) is 9.47. The van der Waals surface area contributed by atoms with Gasteiger partial charge in [-0.15, -0.1) is 0 Å². The molecule has 0 aliphatic carbocycles. The first-order chi connectivity index (χ1) is 17.7. The van der Waals surface area contributed by atoms with Crippen molar-refractivity contribution in [3.8, 4) is 11.5 Å². The number of carbonyl (C=O) groups is 2. The summed E-state index contributed by atoms with van der Waals surface area (Å²) in [7, 11) is 0. The third-order valence-electron chi connectivity index (χ3n) is 5.55. The number of ether oxygens (including phenoxy) is 3. The van der Waals surface area contributed by atoms with Crippen LogP contribution in [-0.4, -0.2) is 29.7 Å². The Hall–Kier alpha value is -3.69. The summed E-state index contributed by atoms with van der Waals surface area (Å²) in [5, 5.41) is 0.510. The first kappa shape index (κ1) is 26.4. The van der Waals surface area contributed by atoms with Crippen LogP contribution < -0.4 is 24.4 Å². The molecular formula is C27H25ClN2O6S. The molecule has 0 fully saturated rings. The second kappa shape index (κ2) is 11.1. The summed E-state index contributed by atoms with van der Waals surface area (Å²) in [5.41, 5.74) is 1.61. The predicted octanol–water partition coefficient (Wildman–Crippen LogP) is 3.78. The van der Waals surface area contributed by atoms with Gasteiger partial charge < -0.3 is 14.2 Å². The number of aromatic nitrogens is 1. The van der Waals surface area contributed by atoms with Gasteiger partial charge in [-0.05, 0) is 56.2 Å². The zero-order valence-electron chi connectivity index (χ0n) is 20.7. The van der Waals surface area contributed by atoms with E-state index in [2.05, 4.69) is 4.99 Å². The predicted molar refractivity (Wildman–Crippen MR) is 141 cm³/mol. The topological polar surface area (TPSA) is 96.2 Å². The molecule has 0 spiro atoms. The first-order valence-electron chi connectivity index (χ1n) is 11.6. The van der Waals surface area contributed by atoms with Crippen LogP contribution >= 0.6 is 22.9 Å². The van der Waals surface area contributed by atoms with Crippen molar-refractivity contribution in [3.05, 3.63) is 89.6 Å². The van der Waals surface area contributed by atoms with Crippen LogP contribution in [0.15, 0.2) is 63.5 Å². The number of hydrogen-bond donors (Lipinski definition) is 0. The lowest BCUT2D eigenvalue weighted by Gasteiger charge is -2.25. The lowest BCUT2D eigenvalue weighted by Crippen LogP contribution is -2.40. The van der Waals surface area contributed by atoms with E-state index in [0.29, 0.717) is 43.5 Å². The van der Waals surface area contributed by atoms with Gasteiger partial charge in [-0.2, -0.15) is 0 Å². The van der Waals surface area contributed by atoms with Gasteiger partial charge in [0.15, 0.2) is 16.3 Å². The summed E-state index contributed by atoms with van der Waals surface area (Å²) in [4.78, 5) is 43.4. The van der Waals surface area contributed by atoms with Crippen LogP contribution in [0.4, 0.5) is 0 Å². The third-order valence-corrected chi connectivity index (χ3v) is 6.87. The average molecular weight is 541 g/mol. The highest BCUT2D eigenvalue weighted by molar-refractivity contribution is 7.07. The molecule has 10 heteroatoms. The SMILES string of the molecule is CCOC(=O)C1=C(C)N=c2s/c(=C/c3ccccc3Cl)c(=O)n2[C@@H]1c1ccc(OC(C)=O)c(OCC)c1. The highest BCUT2D eigenvalue weighted by atomic mass is 35.5. The van der Waals surface area contributed by atoms with Crippen molar-refractivity contribution < 1.29 is 23.8 Å². The minimum Gasteiger partial charge on any atom is -0.490 e. The normalized spacial score (nSPS) is 15.2. The molecule has 0 radical (unpaired) electrons. The van der Waals surface area contributed by atoms with Crippen molar-refractivity contribution >= 4 is 41.0 Å². The molecule has 0 amide bonds. The number of benzene rings is 2. The van der Waals surface area contributed by atoms with Gasteiger partial charge in [-0.3, -0.25) is 14.2 Å². The molecule has 192 valence electrons.